The molecular formula is C11H16ClNS. The summed E-state index contributed by atoms with van der Waals surface area (Å²) < 4.78 is 0. The second-order valence-corrected chi connectivity index (χ2v) is 4.79. The van der Waals surface area contributed by atoms with Crippen LogP contribution in [0.3, 0.4) is 0 Å². The van der Waals surface area contributed by atoms with Crippen LogP contribution < -0.4 is 5.73 Å². The van der Waals surface area contributed by atoms with Crippen LogP contribution in [0, 0.1) is 6.92 Å². The standard InChI is InChI=1S/C11H16ClNS/c1-9-7-10(3-4-11(9)12)8-14-6-2-5-13/h3-4,7H,2,5-6,8,13H2,1H3. The Bertz CT molecular complexity index is 289. The highest BCUT2D eigenvalue weighted by Gasteiger charge is 1.97. The van der Waals surface area contributed by atoms with E-state index in [1.807, 2.05) is 24.8 Å². The monoisotopic (exact) mass is 229 g/mol. The topological polar surface area (TPSA) is 26.0 Å². The van der Waals surface area contributed by atoms with Gasteiger partial charge in [-0.25, -0.2) is 0 Å². The summed E-state index contributed by atoms with van der Waals surface area (Å²) in [4.78, 5) is 0. The number of aryl methyl sites for hydroxylation is 1. The van der Waals surface area contributed by atoms with E-state index in [0.29, 0.717) is 0 Å². The molecule has 0 bridgehead atoms. The molecule has 0 heterocycles. The quantitative estimate of drug-likeness (QED) is 0.785. The summed E-state index contributed by atoms with van der Waals surface area (Å²) in [6, 6.07) is 6.21. The second-order valence-electron chi connectivity index (χ2n) is 3.28. The van der Waals surface area contributed by atoms with Gasteiger partial charge in [-0.1, -0.05) is 23.7 Å². The predicted octanol–water partition coefficient (Wildman–Crippen LogP) is 3.23. The van der Waals surface area contributed by atoms with Crippen LogP contribution in [0.5, 0.6) is 0 Å². The fourth-order valence-electron chi connectivity index (χ4n) is 1.17. The highest BCUT2D eigenvalue weighted by Crippen LogP contribution is 2.19. The maximum atomic E-state index is 5.94. The van der Waals surface area contributed by atoms with Crippen LogP contribution in [0.25, 0.3) is 0 Å². The number of hydrogen-bond acceptors (Lipinski definition) is 2. The lowest BCUT2D eigenvalue weighted by molar-refractivity contribution is 0.943. The van der Waals surface area contributed by atoms with E-state index in [2.05, 4.69) is 12.1 Å². The van der Waals surface area contributed by atoms with Crippen molar-refractivity contribution >= 4 is 23.4 Å². The van der Waals surface area contributed by atoms with E-state index in [4.69, 9.17) is 17.3 Å². The summed E-state index contributed by atoms with van der Waals surface area (Å²) in [6.45, 7) is 2.82. The van der Waals surface area contributed by atoms with Gasteiger partial charge in [-0.05, 0) is 42.8 Å². The van der Waals surface area contributed by atoms with Gasteiger partial charge >= 0.3 is 0 Å². The summed E-state index contributed by atoms with van der Waals surface area (Å²) >= 11 is 7.86. The van der Waals surface area contributed by atoms with Gasteiger partial charge in [0.15, 0.2) is 0 Å². The molecule has 0 aliphatic carbocycles. The molecule has 0 unspecified atom stereocenters. The van der Waals surface area contributed by atoms with Crippen LogP contribution in [0.1, 0.15) is 17.5 Å². The van der Waals surface area contributed by atoms with Gasteiger partial charge in [-0.2, -0.15) is 11.8 Å². The minimum atomic E-state index is 0.784. The van der Waals surface area contributed by atoms with Gasteiger partial charge in [-0.3, -0.25) is 0 Å². The second kappa shape index (κ2) is 6.33. The Labute approximate surface area is 95.0 Å². The third-order valence-electron chi connectivity index (χ3n) is 1.98. The van der Waals surface area contributed by atoms with Crippen molar-refractivity contribution in [2.75, 3.05) is 12.3 Å². The molecule has 1 nitrogen and oxygen atoms in total. The van der Waals surface area contributed by atoms with Crippen molar-refractivity contribution in [3.63, 3.8) is 0 Å². The Kier molecular flexibility index (Phi) is 5.38. The molecule has 3 heteroatoms. The summed E-state index contributed by atoms with van der Waals surface area (Å²) in [5, 5.41) is 0.848. The fourth-order valence-corrected chi connectivity index (χ4v) is 2.22. The first-order valence-electron chi connectivity index (χ1n) is 4.77. The van der Waals surface area contributed by atoms with Crippen LogP contribution in [-0.2, 0) is 5.75 Å². The van der Waals surface area contributed by atoms with E-state index in [9.17, 15) is 0 Å². The molecule has 14 heavy (non-hydrogen) atoms. The van der Waals surface area contributed by atoms with Crippen LogP contribution in [-0.4, -0.2) is 12.3 Å². The number of thioether (sulfide) groups is 1. The zero-order chi connectivity index (χ0) is 10.4. The van der Waals surface area contributed by atoms with Gasteiger partial charge in [0.2, 0.25) is 0 Å². The van der Waals surface area contributed by atoms with Crippen LogP contribution in [0.2, 0.25) is 5.02 Å². The smallest absolute Gasteiger partial charge is 0.0435 e. The molecule has 78 valence electrons. The first-order valence-corrected chi connectivity index (χ1v) is 6.30. The predicted molar refractivity (Wildman–Crippen MR) is 66.0 cm³/mol. The minimum Gasteiger partial charge on any atom is -0.330 e. The largest absolute Gasteiger partial charge is 0.330 e. The Morgan fingerprint density at radius 3 is 2.86 bits per heavy atom. The third kappa shape index (κ3) is 3.91. The lowest BCUT2D eigenvalue weighted by Crippen LogP contribution is -1.99. The summed E-state index contributed by atoms with van der Waals surface area (Å²) in [5.74, 6) is 2.19. The number of halogens is 1. The van der Waals surface area contributed by atoms with Crippen LogP contribution >= 0.6 is 23.4 Å². The summed E-state index contributed by atoms with van der Waals surface area (Å²) in [5.41, 5.74) is 7.92. The highest BCUT2D eigenvalue weighted by molar-refractivity contribution is 7.98. The highest BCUT2D eigenvalue weighted by atomic mass is 35.5. The Hall–Kier alpha value is -0.180. The van der Waals surface area contributed by atoms with Gasteiger partial charge in [0.25, 0.3) is 0 Å². The van der Waals surface area contributed by atoms with Gasteiger partial charge < -0.3 is 5.73 Å². The van der Waals surface area contributed by atoms with Crippen molar-refractivity contribution in [3.05, 3.63) is 34.3 Å². The third-order valence-corrected chi connectivity index (χ3v) is 3.52. The van der Waals surface area contributed by atoms with Gasteiger partial charge in [0, 0.05) is 10.8 Å². The number of rotatable bonds is 5. The number of benzene rings is 1. The van der Waals surface area contributed by atoms with E-state index in [1.165, 1.54) is 5.56 Å². The molecule has 1 rings (SSSR count). The SMILES string of the molecule is Cc1cc(CSCCCN)ccc1Cl. The van der Waals surface area contributed by atoms with Crippen molar-refractivity contribution in [2.24, 2.45) is 5.73 Å². The molecule has 0 aliphatic heterocycles. The minimum absolute atomic E-state index is 0.784. The van der Waals surface area contributed by atoms with E-state index in [0.717, 1.165) is 35.1 Å². The molecule has 0 fully saturated rings. The molecule has 0 atom stereocenters. The van der Waals surface area contributed by atoms with Crippen molar-refractivity contribution in [2.45, 2.75) is 19.1 Å². The number of nitrogens with two attached hydrogens (primary N) is 1. The molecule has 0 saturated heterocycles. The Morgan fingerprint density at radius 1 is 1.43 bits per heavy atom. The molecule has 0 aliphatic rings. The molecular weight excluding hydrogens is 214 g/mol. The summed E-state index contributed by atoms with van der Waals surface area (Å²) in [7, 11) is 0. The fraction of sp³-hybridized carbons (Fsp3) is 0.455. The molecule has 0 radical (unpaired) electrons. The van der Waals surface area contributed by atoms with E-state index in [1.54, 1.807) is 0 Å². The Balaban J connectivity index is 2.39. The van der Waals surface area contributed by atoms with Crippen molar-refractivity contribution < 1.29 is 0 Å². The molecule has 0 amide bonds. The summed E-state index contributed by atoms with van der Waals surface area (Å²) in [6.07, 6.45) is 1.09. The first-order chi connectivity index (χ1) is 6.74. The molecule has 0 aromatic heterocycles. The van der Waals surface area contributed by atoms with Gasteiger partial charge in [0.05, 0.1) is 0 Å². The van der Waals surface area contributed by atoms with E-state index < -0.39 is 0 Å². The molecule has 2 N–H and O–H groups in total. The van der Waals surface area contributed by atoms with Crippen LogP contribution in [0.15, 0.2) is 18.2 Å². The number of hydrogen-bond donors (Lipinski definition) is 1. The zero-order valence-corrected chi connectivity index (χ0v) is 10.00. The first kappa shape index (κ1) is 11.9. The van der Waals surface area contributed by atoms with Gasteiger partial charge in [-0.15, -0.1) is 0 Å². The van der Waals surface area contributed by atoms with Crippen LogP contribution in [0.4, 0.5) is 0 Å². The molecule has 0 spiro atoms. The maximum absolute atomic E-state index is 5.94. The van der Waals surface area contributed by atoms with E-state index in [-0.39, 0.29) is 0 Å². The van der Waals surface area contributed by atoms with Crippen molar-refractivity contribution in [1.29, 1.82) is 0 Å². The van der Waals surface area contributed by atoms with Crippen molar-refractivity contribution in [3.8, 4) is 0 Å². The molecule has 0 saturated carbocycles. The normalized spacial score (nSPS) is 10.5. The Morgan fingerprint density at radius 2 is 2.21 bits per heavy atom. The lowest BCUT2D eigenvalue weighted by Gasteiger charge is -2.03. The molecule has 1 aromatic rings. The average Bonchev–Trinajstić information content (AvgIpc) is 2.18. The zero-order valence-electron chi connectivity index (χ0n) is 8.42. The van der Waals surface area contributed by atoms with E-state index >= 15 is 0 Å². The van der Waals surface area contributed by atoms with Gasteiger partial charge in [0.1, 0.15) is 0 Å². The lowest BCUT2D eigenvalue weighted by atomic mass is 10.2. The van der Waals surface area contributed by atoms with Crippen molar-refractivity contribution in [1.82, 2.24) is 0 Å². The molecule has 1 aromatic carbocycles. The average molecular weight is 230 g/mol. The maximum Gasteiger partial charge on any atom is 0.0435 e.